The van der Waals surface area contributed by atoms with E-state index in [2.05, 4.69) is 6.07 Å². The van der Waals surface area contributed by atoms with Gasteiger partial charge in [-0.3, -0.25) is 4.79 Å². The molecule has 0 saturated heterocycles. The summed E-state index contributed by atoms with van der Waals surface area (Å²) in [6.45, 7) is 2.94. The Balaban J connectivity index is 2.24. The fourth-order valence-electron chi connectivity index (χ4n) is 2.49. The largest absolute Gasteiger partial charge is 0.486 e. The van der Waals surface area contributed by atoms with Crippen LogP contribution in [0.3, 0.4) is 0 Å². The molecule has 4 nitrogen and oxygen atoms in total. The first-order chi connectivity index (χ1) is 10.1. The predicted molar refractivity (Wildman–Crippen MR) is 84.6 cm³/mol. The van der Waals surface area contributed by atoms with Gasteiger partial charge in [0.05, 0.1) is 0 Å². The van der Waals surface area contributed by atoms with Crippen LogP contribution < -0.4 is 15.0 Å². The quantitative estimate of drug-likeness (QED) is 0.800. The van der Waals surface area contributed by atoms with Crippen molar-refractivity contribution in [1.82, 2.24) is 4.57 Å². The number of aryl methyl sites for hydroxylation is 2. The molecule has 0 fully saturated rings. The highest BCUT2D eigenvalue weighted by Crippen LogP contribution is 2.42. The molecule has 3 rings (SSSR count). The second kappa shape index (κ2) is 5.48. The van der Waals surface area contributed by atoms with E-state index in [1.807, 2.05) is 31.5 Å². The minimum absolute atomic E-state index is 0.0193. The second-order valence-electron chi connectivity index (χ2n) is 5.03. The van der Waals surface area contributed by atoms with Crippen LogP contribution in [0.5, 0.6) is 11.5 Å². The molecule has 2 aromatic rings. The van der Waals surface area contributed by atoms with Crippen LogP contribution in [0.15, 0.2) is 34.1 Å². The lowest BCUT2D eigenvalue weighted by Crippen LogP contribution is -2.19. The maximum Gasteiger partial charge on any atom is 0.253 e. The molecule has 0 N–H and O–H groups in total. The van der Waals surface area contributed by atoms with E-state index in [0.717, 1.165) is 33.1 Å². The molecule has 5 heteroatoms. The standard InChI is InChI=1S/C16H17NO3S/c1-10-6-11(9-17(2)16(10)18)13-7-12(21-3)8-14-15(13)20-5-4-19-14/h6-9H,4-5H2,1-3H3. The van der Waals surface area contributed by atoms with Crippen LogP contribution in [0.4, 0.5) is 0 Å². The normalized spacial score (nSPS) is 13.3. The van der Waals surface area contributed by atoms with Crippen LogP contribution in [-0.2, 0) is 7.05 Å². The molecule has 1 aromatic carbocycles. The van der Waals surface area contributed by atoms with Gasteiger partial charge in [-0.1, -0.05) is 0 Å². The fourth-order valence-corrected chi connectivity index (χ4v) is 2.95. The number of thioether (sulfide) groups is 1. The average molecular weight is 303 g/mol. The van der Waals surface area contributed by atoms with Crippen molar-refractivity contribution in [3.63, 3.8) is 0 Å². The summed E-state index contributed by atoms with van der Waals surface area (Å²) in [6.07, 6.45) is 3.87. The highest BCUT2D eigenvalue weighted by atomic mass is 32.2. The summed E-state index contributed by atoms with van der Waals surface area (Å²) in [6, 6.07) is 5.98. The van der Waals surface area contributed by atoms with Gasteiger partial charge in [-0.05, 0) is 31.4 Å². The Labute approximate surface area is 127 Å². The molecule has 1 aliphatic rings. The molecule has 0 amide bonds. The molecule has 0 spiro atoms. The van der Waals surface area contributed by atoms with E-state index < -0.39 is 0 Å². The zero-order valence-corrected chi connectivity index (χ0v) is 13.1. The Hall–Kier alpha value is -1.88. The van der Waals surface area contributed by atoms with E-state index in [1.165, 1.54) is 0 Å². The number of nitrogens with zero attached hydrogens (tertiary/aromatic N) is 1. The lowest BCUT2D eigenvalue weighted by Gasteiger charge is -2.22. The Morgan fingerprint density at radius 1 is 1.19 bits per heavy atom. The molecule has 0 bridgehead atoms. The van der Waals surface area contributed by atoms with E-state index in [0.29, 0.717) is 13.2 Å². The lowest BCUT2D eigenvalue weighted by molar-refractivity contribution is 0.172. The highest BCUT2D eigenvalue weighted by Gasteiger charge is 2.19. The van der Waals surface area contributed by atoms with E-state index in [9.17, 15) is 4.79 Å². The Morgan fingerprint density at radius 3 is 2.67 bits per heavy atom. The Kier molecular flexibility index (Phi) is 3.68. The summed E-state index contributed by atoms with van der Waals surface area (Å²) in [4.78, 5) is 13.0. The SMILES string of the molecule is CSc1cc2c(c(-c3cc(C)c(=O)n(C)c3)c1)OCCO2. The van der Waals surface area contributed by atoms with Crippen molar-refractivity contribution in [2.24, 2.45) is 7.05 Å². The lowest BCUT2D eigenvalue weighted by atomic mass is 10.0. The van der Waals surface area contributed by atoms with Crippen molar-refractivity contribution >= 4 is 11.8 Å². The number of hydrogen-bond donors (Lipinski definition) is 0. The molecule has 0 atom stereocenters. The van der Waals surface area contributed by atoms with Gasteiger partial charge >= 0.3 is 0 Å². The van der Waals surface area contributed by atoms with Crippen molar-refractivity contribution in [2.45, 2.75) is 11.8 Å². The average Bonchev–Trinajstić information content (AvgIpc) is 2.51. The minimum atomic E-state index is 0.0193. The summed E-state index contributed by atoms with van der Waals surface area (Å²) in [5, 5.41) is 0. The first kappa shape index (κ1) is 14.1. The molecular formula is C16H17NO3S. The molecule has 110 valence electrons. The Morgan fingerprint density at radius 2 is 1.95 bits per heavy atom. The smallest absolute Gasteiger partial charge is 0.253 e. The first-order valence-corrected chi connectivity index (χ1v) is 7.98. The summed E-state index contributed by atoms with van der Waals surface area (Å²) >= 11 is 1.66. The maximum atomic E-state index is 11.9. The van der Waals surface area contributed by atoms with Gasteiger partial charge in [-0.15, -0.1) is 11.8 Å². The summed E-state index contributed by atoms with van der Waals surface area (Å²) in [5.74, 6) is 1.53. The molecule has 1 aromatic heterocycles. The van der Waals surface area contributed by atoms with Crippen molar-refractivity contribution in [3.05, 3.63) is 40.3 Å². The van der Waals surface area contributed by atoms with Crippen molar-refractivity contribution in [3.8, 4) is 22.6 Å². The van der Waals surface area contributed by atoms with Gasteiger partial charge in [0, 0.05) is 34.8 Å². The first-order valence-electron chi connectivity index (χ1n) is 6.75. The van der Waals surface area contributed by atoms with Gasteiger partial charge in [0.25, 0.3) is 5.56 Å². The topological polar surface area (TPSA) is 40.5 Å². The summed E-state index contributed by atoms with van der Waals surface area (Å²) < 4.78 is 13.1. The number of rotatable bonds is 2. The summed E-state index contributed by atoms with van der Waals surface area (Å²) in [5.41, 5.74) is 2.67. The van der Waals surface area contributed by atoms with Crippen molar-refractivity contribution < 1.29 is 9.47 Å². The zero-order chi connectivity index (χ0) is 15.0. The van der Waals surface area contributed by atoms with Gasteiger partial charge in [-0.2, -0.15) is 0 Å². The zero-order valence-electron chi connectivity index (χ0n) is 12.3. The second-order valence-corrected chi connectivity index (χ2v) is 5.91. The van der Waals surface area contributed by atoms with Gasteiger partial charge in [0.15, 0.2) is 11.5 Å². The Bertz CT molecular complexity index is 726. The third kappa shape index (κ3) is 2.53. The minimum Gasteiger partial charge on any atom is -0.486 e. The van der Waals surface area contributed by atoms with Crippen LogP contribution >= 0.6 is 11.8 Å². The van der Waals surface area contributed by atoms with E-state index in [1.54, 1.807) is 23.4 Å². The predicted octanol–water partition coefficient (Wildman–Crippen LogP) is 2.85. The van der Waals surface area contributed by atoms with Crippen LogP contribution in [0.2, 0.25) is 0 Å². The molecule has 1 aliphatic heterocycles. The number of fused-ring (bicyclic) bond motifs is 1. The number of aromatic nitrogens is 1. The van der Waals surface area contributed by atoms with E-state index >= 15 is 0 Å². The van der Waals surface area contributed by atoms with Crippen LogP contribution in [-0.4, -0.2) is 24.0 Å². The van der Waals surface area contributed by atoms with E-state index in [4.69, 9.17) is 9.47 Å². The molecular weight excluding hydrogens is 286 g/mol. The molecule has 0 unspecified atom stereocenters. The molecule has 0 radical (unpaired) electrons. The highest BCUT2D eigenvalue weighted by molar-refractivity contribution is 7.98. The maximum absolute atomic E-state index is 11.9. The van der Waals surface area contributed by atoms with Crippen LogP contribution in [0.1, 0.15) is 5.56 Å². The number of hydrogen-bond acceptors (Lipinski definition) is 4. The van der Waals surface area contributed by atoms with Gasteiger partial charge in [0.2, 0.25) is 0 Å². The van der Waals surface area contributed by atoms with Crippen molar-refractivity contribution in [2.75, 3.05) is 19.5 Å². The van der Waals surface area contributed by atoms with Crippen LogP contribution in [0, 0.1) is 6.92 Å². The van der Waals surface area contributed by atoms with Crippen molar-refractivity contribution in [1.29, 1.82) is 0 Å². The number of pyridine rings is 1. The number of ether oxygens (including phenoxy) is 2. The number of benzene rings is 1. The van der Waals surface area contributed by atoms with Gasteiger partial charge in [0.1, 0.15) is 13.2 Å². The summed E-state index contributed by atoms with van der Waals surface area (Å²) in [7, 11) is 1.76. The molecule has 21 heavy (non-hydrogen) atoms. The van der Waals surface area contributed by atoms with Gasteiger partial charge < -0.3 is 14.0 Å². The third-order valence-electron chi connectivity index (χ3n) is 3.52. The molecule has 0 aliphatic carbocycles. The molecule has 0 saturated carbocycles. The molecule has 2 heterocycles. The van der Waals surface area contributed by atoms with Crippen LogP contribution in [0.25, 0.3) is 11.1 Å². The van der Waals surface area contributed by atoms with E-state index in [-0.39, 0.29) is 5.56 Å². The third-order valence-corrected chi connectivity index (χ3v) is 4.23. The van der Waals surface area contributed by atoms with Gasteiger partial charge in [-0.25, -0.2) is 0 Å². The fraction of sp³-hybridized carbons (Fsp3) is 0.312. The monoisotopic (exact) mass is 303 g/mol.